The third-order valence-electron chi connectivity index (χ3n) is 2.10. The van der Waals surface area contributed by atoms with Crippen LogP contribution in [0.1, 0.15) is 16.2 Å². The molecule has 0 aliphatic carbocycles. The molecule has 0 radical (unpaired) electrons. The SMILES string of the molecule is COC(=O)c1cc(N)cnc1-n1cnc(C#N)n1. The van der Waals surface area contributed by atoms with E-state index in [2.05, 4.69) is 19.8 Å². The van der Waals surface area contributed by atoms with Crippen LogP contribution in [-0.2, 0) is 4.74 Å². The van der Waals surface area contributed by atoms with Crippen molar-refractivity contribution in [3.63, 3.8) is 0 Å². The number of anilines is 1. The van der Waals surface area contributed by atoms with Crippen LogP contribution in [-0.4, -0.2) is 32.8 Å². The van der Waals surface area contributed by atoms with Crippen LogP contribution in [0.25, 0.3) is 5.82 Å². The maximum atomic E-state index is 11.6. The van der Waals surface area contributed by atoms with Crippen molar-refractivity contribution in [2.75, 3.05) is 12.8 Å². The fourth-order valence-electron chi connectivity index (χ4n) is 1.33. The Morgan fingerprint density at radius 1 is 1.56 bits per heavy atom. The zero-order valence-electron chi connectivity index (χ0n) is 9.36. The molecule has 0 fully saturated rings. The van der Waals surface area contributed by atoms with Crippen LogP contribution in [0.5, 0.6) is 0 Å². The highest BCUT2D eigenvalue weighted by Gasteiger charge is 2.16. The van der Waals surface area contributed by atoms with Crippen LogP contribution in [0.15, 0.2) is 18.6 Å². The molecule has 2 heterocycles. The molecule has 0 unspecified atom stereocenters. The predicted molar refractivity (Wildman–Crippen MR) is 59.6 cm³/mol. The normalized spacial score (nSPS) is 9.78. The van der Waals surface area contributed by atoms with Crippen molar-refractivity contribution in [3.05, 3.63) is 30.0 Å². The van der Waals surface area contributed by atoms with Crippen LogP contribution in [0.4, 0.5) is 5.69 Å². The zero-order valence-corrected chi connectivity index (χ0v) is 9.36. The summed E-state index contributed by atoms with van der Waals surface area (Å²) in [6.07, 6.45) is 2.65. The lowest BCUT2D eigenvalue weighted by atomic mass is 10.2. The Hall–Kier alpha value is -2.95. The van der Waals surface area contributed by atoms with Crippen LogP contribution >= 0.6 is 0 Å². The molecule has 2 aromatic heterocycles. The molecule has 18 heavy (non-hydrogen) atoms. The van der Waals surface area contributed by atoms with Crippen molar-refractivity contribution >= 4 is 11.7 Å². The van der Waals surface area contributed by atoms with Crippen molar-refractivity contribution in [1.29, 1.82) is 5.26 Å². The molecule has 0 aliphatic rings. The smallest absolute Gasteiger partial charge is 0.341 e. The van der Waals surface area contributed by atoms with Crippen LogP contribution in [0.2, 0.25) is 0 Å². The third kappa shape index (κ3) is 1.97. The monoisotopic (exact) mass is 244 g/mol. The lowest BCUT2D eigenvalue weighted by molar-refractivity contribution is 0.0600. The number of nitrogens with two attached hydrogens (primary N) is 1. The average Bonchev–Trinajstić information content (AvgIpc) is 2.86. The molecule has 2 N–H and O–H groups in total. The maximum absolute atomic E-state index is 11.6. The second kappa shape index (κ2) is 4.50. The molecule has 0 aliphatic heterocycles. The number of aromatic nitrogens is 4. The first kappa shape index (κ1) is 11.5. The summed E-state index contributed by atoms with van der Waals surface area (Å²) in [6.45, 7) is 0. The van der Waals surface area contributed by atoms with Gasteiger partial charge in [-0.2, -0.15) is 5.26 Å². The average molecular weight is 244 g/mol. The van der Waals surface area contributed by atoms with E-state index < -0.39 is 5.97 Å². The number of pyridine rings is 1. The summed E-state index contributed by atoms with van der Waals surface area (Å²) in [5.74, 6) is -0.423. The molecule has 0 aromatic carbocycles. The first-order valence-corrected chi connectivity index (χ1v) is 4.81. The number of nitrogen functional groups attached to an aromatic ring is 1. The second-order valence-electron chi connectivity index (χ2n) is 3.26. The first-order valence-electron chi connectivity index (χ1n) is 4.81. The number of nitriles is 1. The summed E-state index contributed by atoms with van der Waals surface area (Å²) in [4.78, 5) is 19.3. The van der Waals surface area contributed by atoms with E-state index in [1.54, 1.807) is 6.07 Å². The highest BCUT2D eigenvalue weighted by atomic mass is 16.5. The topological polar surface area (TPSA) is 120 Å². The highest BCUT2D eigenvalue weighted by Crippen LogP contribution is 2.15. The molecule has 2 rings (SSSR count). The third-order valence-corrected chi connectivity index (χ3v) is 2.10. The van der Waals surface area contributed by atoms with Gasteiger partial charge in [0.2, 0.25) is 0 Å². The summed E-state index contributed by atoms with van der Waals surface area (Å²) in [7, 11) is 1.25. The Morgan fingerprint density at radius 2 is 2.33 bits per heavy atom. The van der Waals surface area contributed by atoms with Crippen molar-refractivity contribution in [1.82, 2.24) is 19.7 Å². The molecule has 0 spiro atoms. The van der Waals surface area contributed by atoms with Crippen LogP contribution in [0.3, 0.4) is 0 Å². The van der Waals surface area contributed by atoms with Gasteiger partial charge in [-0.25, -0.2) is 19.4 Å². The summed E-state index contributed by atoms with van der Waals surface area (Å²) < 4.78 is 5.84. The Balaban J connectivity index is 2.56. The summed E-state index contributed by atoms with van der Waals surface area (Å²) in [5, 5.41) is 12.5. The lowest BCUT2D eigenvalue weighted by Crippen LogP contribution is -2.11. The van der Waals surface area contributed by atoms with Gasteiger partial charge in [-0.1, -0.05) is 0 Å². The van der Waals surface area contributed by atoms with Gasteiger partial charge < -0.3 is 10.5 Å². The number of methoxy groups -OCH3 is 1. The summed E-state index contributed by atoms with van der Waals surface area (Å²) in [5.41, 5.74) is 6.03. The van der Waals surface area contributed by atoms with E-state index in [0.717, 1.165) is 0 Å². The van der Waals surface area contributed by atoms with Gasteiger partial charge in [0, 0.05) is 0 Å². The highest BCUT2D eigenvalue weighted by molar-refractivity contribution is 5.93. The Bertz CT molecular complexity index is 642. The van der Waals surface area contributed by atoms with E-state index in [-0.39, 0.29) is 17.2 Å². The van der Waals surface area contributed by atoms with E-state index >= 15 is 0 Å². The Morgan fingerprint density at radius 3 is 2.94 bits per heavy atom. The van der Waals surface area contributed by atoms with Gasteiger partial charge in [-0.05, 0) is 6.07 Å². The van der Waals surface area contributed by atoms with E-state index in [9.17, 15) is 4.79 Å². The lowest BCUT2D eigenvalue weighted by Gasteiger charge is -2.06. The minimum atomic E-state index is -0.598. The van der Waals surface area contributed by atoms with Crippen molar-refractivity contribution < 1.29 is 9.53 Å². The van der Waals surface area contributed by atoms with Gasteiger partial charge in [-0.15, -0.1) is 5.10 Å². The number of rotatable bonds is 2. The fraction of sp³-hybridized carbons (Fsp3) is 0.100. The molecule has 0 saturated heterocycles. The molecule has 0 atom stereocenters. The van der Waals surface area contributed by atoms with E-state index in [1.807, 2.05) is 0 Å². The van der Waals surface area contributed by atoms with E-state index in [0.29, 0.717) is 5.69 Å². The van der Waals surface area contributed by atoms with Gasteiger partial charge in [0.15, 0.2) is 5.82 Å². The molecule has 0 saturated carbocycles. The molecule has 8 heteroatoms. The molecule has 0 amide bonds. The van der Waals surface area contributed by atoms with Crippen molar-refractivity contribution in [2.24, 2.45) is 0 Å². The zero-order chi connectivity index (χ0) is 13.1. The Labute approximate surface area is 102 Å². The van der Waals surface area contributed by atoms with Gasteiger partial charge >= 0.3 is 5.97 Å². The number of nitrogens with zero attached hydrogens (tertiary/aromatic N) is 5. The fourth-order valence-corrected chi connectivity index (χ4v) is 1.33. The molecular formula is C10H8N6O2. The van der Waals surface area contributed by atoms with Gasteiger partial charge in [0.1, 0.15) is 18.0 Å². The summed E-state index contributed by atoms with van der Waals surface area (Å²) >= 11 is 0. The van der Waals surface area contributed by atoms with Gasteiger partial charge in [-0.3, -0.25) is 0 Å². The number of ether oxygens (including phenoxy) is 1. The van der Waals surface area contributed by atoms with Crippen LogP contribution in [0, 0.1) is 11.3 Å². The van der Waals surface area contributed by atoms with Gasteiger partial charge in [0.05, 0.1) is 19.0 Å². The number of hydrogen-bond acceptors (Lipinski definition) is 7. The summed E-state index contributed by atoms with van der Waals surface area (Å²) in [6, 6.07) is 3.20. The largest absolute Gasteiger partial charge is 0.465 e. The Kier molecular flexibility index (Phi) is 2.89. The number of carbonyl (C=O) groups is 1. The molecule has 0 bridgehead atoms. The molecule has 90 valence electrons. The molecule has 2 aromatic rings. The standard InChI is InChI=1S/C10H8N6O2/c1-18-10(17)7-2-6(12)4-13-9(7)16-5-14-8(3-11)15-16/h2,4-5H,12H2,1H3. The number of hydrogen-bond donors (Lipinski definition) is 1. The number of esters is 1. The molecule has 8 nitrogen and oxygen atoms in total. The van der Waals surface area contributed by atoms with Crippen molar-refractivity contribution in [3.8, 4) is 11.9 Å². The number of carbonyl (C=O) groups excluding carboxylic acids is 1. The van der Waals surface area contributed by atoms with Crippen LogP contribution < -0.4 is 5.73 Å². The predicted octanol–water partition coefficient (Wildman–Crippen LogP) is -0.0972. The van der Waals surface area contributed by atoms with E-state index in [4.69, 9.17) is 11.0 Å². The van der Waals surface area contributed by atoms with Crippen molar-refractivity contribution in [2.45, 2.75) is 0 Å². The van der Waals surface area contributed by atoms with E-state index in [1.165, 1.54) is 30.4 Å². The minimum absolute atomic E-state index is 0.0237. The van der Waals surface area contributed by atoms with Gasteiger partial charge in [0.25, 0.3) is 5.82 Å². The minimum Gasteiger partial charge on any atom is -0.465 e. The maximum Gasteiger partial charge on any atom is 0.341 e. The first-order chi connectivity index (χ1) is 8.65. The quantitative estimate of drug-likeness (QED) is 0.732. The molecular weight excluding hydrogens is 236 g/mol. The second-order valence-corrected chi connectivity index (χ2v) is 3.26.